The van der Waals surface area contributed by atoms with Crippen molar-refractivity contribution in [2.75, 3.05) is 50.9 Å². The van der Waals surface area contributed by atoms with E-state index in [-0.39, 0.29) is 6.10 Å². The zero-order chi connectivity index (χ0) is 13.1. The molecule has 4 nitrogen and oxygen atoms in total. The maximum atomic E-state index is 5.91. The Balaban J connectivity index is 1.88. The molecular weight excluding hydrogens is 240 g/mol. The summed E-state index contributed by atoms with van der Waals surface area (Å²) >= 11 is 0. The molecule has 0 bridgehead atoms. The van der Waals surface area contributed by atoms with Crippen molar-refractivity contribution in [3.05, 3.63) is 29.3 Å². The molecule has 2 fully saturated rings. The number of rotatable bonds is 2. The van der Waals surface area contributed by atoms with Gasteiger partial charge < -0.3 is 19.7 Å². The number of hydrogen-bond acceptors (Lipinski definition) is 4. The lowest BCUT2D eigenvalue weighted by Gasteiger charge is -2.34. The molecule has 0 amide bonds. The predicted molar refractivity (Wildman–Crippen MR) is 75.8 cm³/mol. The highest BCUT2D eigenvalue weighted by molar-refractivity contribution is 5.57. The Morgan fingerprint density at radius 1 is 1.21 bits per heavy atom. The summed E-state index contributed by atoms with van der Waals surface area (Å²) in [6.45, 7) is 8.37. The van der Waals surface area contributed by atoms with Crippen molar-refractivity contribution < 1.29 is 9.47 Å². The van der Waals surface area contributed by atoms with Crippen LogP contribution in [-0.4, -0.2) is 46.0 Å². The second-order valence-corrected chi connectivity index (χ2v) is 5.23. The molecule has 4 heteroatoms. The van der Waals surface area contributed by atoms with E-state index in [4.69, 9.17) is 9.47 Å². The Morgan fingerprint density at radius 3 is 2.79 bits per heavy atom. The fourth-order valence-electron chi connectivity index (χ4n) is 2.77. The van der Waals surface area contributed by atoms with Crippen LogP contribution in [-0.2, 0) is 9.47 Å². The summed E-state index contributed by atoms with van der Waals surface area (Å²) < 4.78 is 11.4. The van der Waals surface area contributed by atoms with Gasteiger partial charge in [-0.05, 0) is 18.6 Å². The number of aryl methyl sites for hydroxylation is 1. The van der Waals surface area contributed by atoms with Crippen LogP contribution in [0.5, 0.6) is 0 Å². The van der Waals surface area contributed by atoms with E-state index in [0.717, 1.165) is 46.0 Å². The van der Waals surface area contributed by atoms with Crippen molar-refractivity contribution in [3.63, 3.8) is 0 Å². The van der Waals surface area contributed by atoms with E-state index in [2.05, 4.69) is 35.3 Å². The van der Waals surface area contributed by atoms with Gasteiger partial charge in [0.1, 0.15) is 0 Å². The van der Waals surface area contributed by atoms with Gasteiger partial charge in [0.05, 0.1) is 25.9 Å². The zero-order valence-electron chi connectivity index (χ0n) is 11.5. The SMILES string of the molecule is Cc1ccc(C2CNCCO2)c(N2CCOCC2)c1. The number of hydrogen-bond donors (Lipinski definition) is 1. The standard InChI is InChI=1S/C15H22N2O2/c1-12-2-3-13(15-11-16-4-7-19-15)14(10-12)17-5-8-18-9-6-17/h2-3,10,15-16H,4-9,11H2,1H3. The second kappa shape index (κ2) is 5.90. The largest absolute Gasteiger partial charge is 0.378 e. The Morgan fingerprint density at radius 2 is 2.05 bits per heavy atom. The van der Waals surface area contributed by atoms with Crippen molar-refractivity contribution in [1.29, 1.82) is 0 Å². The molecule has 2 aliphatic rings. The lowest BCUT2D eigenvalue weighted by molar-refractivity contribution is 0.0277. The fraction of sp³-hybridized carbons (Fsp3) is 0.600. The van der Waals surface area contributed by atoms with Gasteiger partial charge in [-0.2, -0.15) is 0 Å². The summed E-state index contributed by atoms with van der Waals surface area (Å²) in [5.74, 6) is 0. The minimum Gasteiger partial charge on any atom is -0.378 e. The summed E-state index contributed by atoms with van der Waals surface area (Å²) in [5, 5.41) is 3.41. The van der Waals surface area contributed by atoms with Crippen LogP contribution in [0.25, 0.3) is 0 Å². The van der Waals surface area contributed by atoms with E-state index in [1.165, 1.54) is 16.8 Å². The molecule has 19 heavy (non-hydrogen) atoms. The average molecular weight is 262 g/mol. The van der Waals surface area contributed by atoms with E-state index < -0.39 is 0 Å². The third-order valence-electron chi connectivity index (χ3n) is 3.81. The van der Waals surface area contributed by atoms with Gasteiger partial charge in [-0.25, -0.2) is 0 Å². The molecule has 1 unspecified atom stereocenters. The molecule has 0 radical (unpaired) electrons. The number of benzene rings is 1. The van der Waals surface area contributed by atoms with Gasteiger partial charge in [0.2, 0.25) is 0 Å². The minimum atomic E-state index is 0.173. The smallest absolute Gasteiger partial charge is 0.0969 e. The highest BCUT2D eigenvalue weighted by Crippen LogP contribution is 2.31. The highest BCUT2D eigenvalue weighted by Gasteiger charge is 2.22. The van der Waals surface area contributed by atoms with Crippen LogP contribution in [0.15, 0.2) is 18.2 Å². The van der Waals surface area contributed by atoms with Gasteiger partial charge in [0.25, 0.3) is 0 Å². The third kappa shape index (κ3) is 2.91. The first kappa shape index (κ1) is 12.9. The summed E-state index contributed by atoms with van der Waals surface area (Å²) in [4.78, 5) is 2.42. The first-order valence-corrected chi connectivity index (χ1v) is 7.10. The van der Waals surface area contributed by atoms with Crippen molar-refractivity contribution >= 4 is 5.69 Å². The summed E-state index contributed by atoms with van der Waals surface area (Å²) in [6, 6.07) is 6.67. The summed E-state index contributed by atoms with van der Waals surface area (Å²) in [6.07, 6.45) is 0.173. The van der Waals surface area contributed by atoms with E-state index in [1.54, 1.807) is 0 Å². The van der Waals surface area contributed by atoms with E-state index in [1.807, 2.05) is 0 Å². The molecule has 2 aliphatic heterocycles. The van der Waals surface area contributed by atoms with Crippen LogP contribution in [0.4, 0.5) is 5.69 Å². The van der Waals surface area contributed by atoms with E-state index in [0.29, 0.717) is 0 Å². The molecule has 2 saturated heterocycles. The van der Waals surface area contributed by atoms with E-state index in [9.17, 15) is 0 Å². The van der Waals surface area contributed by atoms with Gasteiger partial charge in [-0.1, -0.05) is 12.1 Å². The maximum Gasteiger partial charge on any atom is 0.0969 e. The highest BCUT2D eigenvalue weighted by atomic mass is 16.5. The monoisotopic (exact) mass is 262 g/mol. The Hall–Kier alpha value is -1.10. The zero-order valence-corrected chi connectivity index (χ0v) is 11.5. The molecular formula is C15H22N2O2. The number of ether oxygens (including phenoxy) is 2. The van der Waals surface area contributed by atoms with Gasteiger partial charge in [-0.3, -0.25) is 0 Å². The summed E-state index contributed by atoms with van der Waals surface area (Å²) in [5.41, 5.74) is 3.92. The van der Waals surface area contributed by atoms with Crippen LogP contribution in [0.1, 0.15) is 17.2 Å². The Labute approximate surface area is 114 Å². The van der Waals surface area contributed by atoms with Gasteiger partial charge >= 0.3 is 0 Å². The third-order valence-corrected chi connectivity index (χ3v) is 3.81. The maximum absolute atomic E-state index is 5.91. The second-order valence-electron chi connectivity index (χ2n) is 5.23. The number of nitrogens with zero attached hydrogens (tertiary/aromatic N) is 1. The first-order valence-electron chi connectivity index (χ1n) is 7.10. The molecule has 1 N–H and O–H groups in total. The molecule has 1 aromatic rings. The van der Waals surface area contributed by atoms with Gasteiger partial charge in [0, 0.05) is 37.4 Å². The normalized spacial score (nSPS) is 24.5. The van der Waals surface area contributed by atoms with Crippen molar-refractivity contribution in [3.8, 4) is 0 Å². The van der Waals surface area contributed by atoms with Crippen LogP contribution < -0.4 is 10.2 Å². The Bertz CT molecular complexity index is 424. The molecule has 1 aromatic carbocycles. The molecule has 0 aliphatic carbocycles. The predicted octanol–water partition coefficient (Wildman–Crippen LogP) is 1.49. The Kier molecular flexibility index (Phi) is 4.01. The fourth-order valence-corrected chi connectivity index (χ4v) is 2.77. The number of anilines is 1. The lowest BCUT2D eigenvalue weighted by Crippen LogP contribution is -2.38. The van der Waals surface area contributed by atoms with Gasteiger partial charge in [-0.15, -0.1) is 0 Å². The lowest BCUT2D eigenvalue weighted by atomic mass is 10.0. The molecule has 0 aromatic heterocycles. The summed E-state index contributed by atoms with van der Waals surface area (Å²) in [7, 11) is 0. The minimum absolute atomic E-state index is 0.173. The molecule has 104 valence electrons. The van der Waals surface area contributed by atoms with E-state index >= 15 is 0 Å². The van der Waals surface area contributed by atoms with Crippen molar-refractivity contribution in [2.24, 2.45) is 0 Å². The molecule has 2 heterocycles. The average Bonchev–Trinajstić information content (AvgIpc) is 2.49. The first-order chi connectivity index (χ1) is 9.34. The van der Waals surface area contributed by atoms with Crippen LogP contribution in [0.3, 0.4) is 0 Å². The van der Waals surface area contributed by atoms with Crippen molar-refractivity contribution in [1.82, 2.24) is 5.32 Å². The number of nitrogens with one attached hydrogen (secondary N) is 1. The molecule has 0 saturated carbocycles. The molecule has 3 rings (SSSR count). The van der Waals surface area contributed by atoms with Gasteiger partial charge in [0.15, 0.2) is 0 Å². The molecule has 0 spiro atoms. The number of morpholine rings is 2. The van der Waals surface area contributed by atoms with Crippen molar-refractivity contribution in [2.45, 2.75) is 13.0 Å². The van der Waals surface area contributed by atoms with Crippen LogP contribution in [0, 0.1) is 6.92 Å². The quantitative estimate of drug-likeness (QED) is 0.875. The molecule has 1 atom stereocenters. The van der Waals surface area contributed by atoms with Crippen LogP contribution in [0.2, 0.25) is 0 Å². The topological polar surface area (TPSA) is 33.7 Å². The van der Waals surface area contributed by atoms with Crippen LogP contribution >= 0.6 is 0 Å².